The third-order valence-electron chi connectivity index (χ3n) is 5.87. The Hall–Kier alpha value is -2.37. The molecule has 27 heavy (non-hydrogen) atoms. The maximum absolute atomic E-state index is 12.7. The van der Waals surface area contributed by atoms with Crippen LogP contribution in [0.1, 0.15) is 50.3 Å². The van der Waals surface area contributed by atoms with Gasteiger partial charge in [-0.1, -0.05) is 19.3 Å². The first kappa shape index (κ1) is 18.0. The lowest BCUT2D eigenvalue weighted by molar-refractivity contribution is -0.135. The number of benzene rings is 1. The molecule has 1 unspecified atom stereocenters. The van der Waals surface area contributed by atoms with Crippen LogP contribution in [0.3, 0.4) is 0 Å². The number of aromatic nitrogens is 2. The first-order valence-electron chi connectivity index (χ1n) is 10.0. The first-order chi connectivity index (χ1) is 13.1. The molecule has 0 bridgehead atoms. The minimum atomic E-state index is 0.153. The molecule has 0 N–H and O–H groups in total. The van der Waals surface area contributed by atoms with Crippen LogP contribution in [0.5, 0.6) is 0 Å². The summed E-state index contributed by atoms with van der Waals surface area (Å²) in [4.78, 5) is 16.8. The first-order valence-corrected chi connectivity index (χ1v) is 10.0. The van der Waals surface area contributed by atoms with Crippen molar-refractivity contribution in [1.82, 2.24) is 15.1 Å². The highest BCUT2D eigenvalue weighted by atomic mass is 16.4. The maximum Gasteiger partial charge on any atom is 0.247 e. The monoisotopic (exact) mass is 368 g/mol. The summed E-state index contributed by atoms with van der Waals surface area (Å²) in [6, 6.07) is 8.08. The Balaban J connectivity index is 1.41. The SMILES string of the molecule is CN(C)c1ccc(-c2nnc(C3CCN(C(=O)C4CCCCC4)C3)o2)cc1. The van der Waals surface area contributed by atoms with Gasteiger partial charge in [-0.3, -0.25) is 4.79 Å². The van der Waals surface area contributed by atoms with Crippen molar-refractivity contribution in [2.45, 2.75) is 44.4 Å². The molecular weight excluding hydrogens is 340 g/mol. The number of hydrogen-bond donors (Lipinski definition) is 0. The Bertz CT molecular complexity index is 778. The second-order valence-electron chi connectivity index (χ2n) is 7.99. The Morgan fingerprint density at radius 3 is 2.52 bits per heavy atom. The van der Waals surface area contributed by atoms with Gasteiger partial charge in [0.05, 0.1) is 5.92 Å². The fourth-order valence-corrected chi connectivity index (χ4v) is 4.19. The van der Waals surface area contributed by atoms with E-state index in [4.69, 9.17) is 4.42 Å². The fourth-order valence-electron chi connectivity index (χ4n) is 4.19. The molecule has 144 valence electrons. The Morgan fingerprint density at radius 2 is 1.81 bits per heavy atom. The van der Waals surface area contributed by atoms with E-state index in [1.165, 1.54) is 19.3 Å². The fraction of sp³-hybridized carbons (Fsp3) is 0.571. The van der Waals surface area contributed by atoms with Crippen LogP contribution in [0.2, 0.25) is 0 Å². The molecule has 1 saturated heterocycles. The normalized spacial score (nSPS) is 20.8. The smallest absolute Gasteiger partial charge is 0.247 e. The molecule has 1 aromatic heterocycles. The van der Waals surface area contributed by atoms with Gasteiger partial charge in [0.1, 0.15) is 0 Å². The lowest BCUT2D eigenvalue weighted by atomic mass is 9.88. The number of nitrogens with zero attached hydrogens (tertiary/aromatic N) is 4. The standard InChI is InChI=1S/C21H28N4O2/c1-24(2)18-10-8-15(9-11-18)19-22-23-20(27-19)17-12-13-25(14-17)21(26)16-6-4-3-5-7-16/h8-11,16-17H,3-7,12-14H2,1-2H3. The summed E-state index contributed by atoms with van der Waals surface area (Å²) < 4.78 is 5.95. The summed E-state index contributed by atoms with van der Waals surface area (Å²) in [7, 11) is 4.03. The third-order valence-corrected chi connectivity index (χ3v) is 5.87. The van der Waals surface area contributed by atoms with Crippen molar-refractivity contribution in [2.24, 2.45) is 5.92 Å². The molecule has 0 radical (unpaired) electrons. The molecule has 2 aliphatic rings. The van der Waals surface area contributed by atoms with Gasteiger partial charge in [-0.15, -0.1) is 10.2 Å². The lowest BCUT2D eigenvalue weighted by Crippen LogP contribution is -2.35. The van der Waals surface area contributed by atoms with E-state index >= 15 is 0 Å². The highest BCUT2D eigenvalue weighted by molar-refractivity contribution is 5.79. The van der Waals surface area contributed by atoms with Crippen molar-refractivity contribution >= 4 is 11.6 Å². The number of anilines is 1. The van der Waals surface area contributed by atoms with Gasteiger partial charge in [0.2, 0.25) is 17.7 Å². The molecule has 6 nitrogen and oxygen atoms in total. The maximum atomic E-state index is 12.7. The molecule has 1 saturated carbocycles. The second kappa shape index (κ2) is 7.71. The van der Waals surface area contributed by atoms with E-state index in [1.54, 1.807) is 0 Å². The van der Waals surface area contributed by atoms with Crippen LogP contribution < -0.4 is 4.90 Å². The van der Waals surface area contributed by atoms with E-state index in [9.17, 15) is 4.79 Å². The predicted octanol–water partition coefficient (Wildman–Crippen LogP) is 3.70. The molecule has 2 heterocycles. The van der Waals surface area contributed by atoms with Crippen LogP contribution in [0.4, 0.5) is 5.69 Å². The third kappa shape index (κ3) is 3.84. The van der Waals surface area contributed by atoms with E-state index in [0.717, 1.165) is 37.1 Å². The zero-order valence-corrected chi connectivity index (χ0v) is 16.2. The van der Waals surface area contributed by atoms with E-state index in [2.05, 4.69) is 15.1 Å². The van der Waals surface area contributed by atoms with Gasteiger partial charge < -0.3 is 14.2 Å². The molecule has 4 rings (SSSR count). The number of carbonyl (C=O) groups excluding carboxylic acids is 1. The van der Waals surface area contributed by atoms with Crippen molar-refractivity contribution in [2.75, 3.05) is 32.1 Å². The quantitative estimate of drug-likeness (QED) is 0.823. The number of carbonyl (C=O) groups is 1. The highest BCUT2D eigenvalue weighted by Crippen LogP contribution is 2.32. The van der Waals surface area contributed by atoms with Crippen molar-refractivity contribution in [3.05, 3.63) is 30.2 Å². The van der Waals surface area contributed by atoms with Crippen LogP contribution in [-0.4, -0.2) is 48.2 Å². The van der Waals surface area contributed by atoms with E-state index in [-0.39, 0.29) is 11.8 Å². The molecular formula is C21H28N4O2. The van der Waals surface area contributed by atoms with Crippen LogP contribution >= 0.6 is 0 Å². The summed E-state index contributed by atoms with van der Waals surface area (Å²) in [5.41, 5.74) is 2.05. The molecule has 2 fully saturated rings. The highest BCUT2D eigenvalue weighted by Gasteiger charge is 2.34. The number of amides is 1. The van der Waals surface area contributed by atoms with Gasteiger partial charge in [0.15, 0.2) is 0 Å². The van der Waals surface area contributed by atoms with Crippen LogP contribution in [0, 0.1) is 5.92 Å². The second-order valence-corrected chi connectivity index (χ2v) is 7.99. The van der Waals surface area contributed by atoms with Gasteiger partial charge in [0.25, 0.3) is 0 Å². The molecule has 6 heteroatoms. The van der Waals surface area contributed by atoms with Gasteiger partial charge in [-0.25, -0.2) is 0 Å². The zero-order valence-electron chi connectivity index (χ0n) is 16.2. The van der Waals surface area contributed by atoms with Crippen molar-refractivity contribution in [3.8, 4) is 11.5 Å². The number of hydrogen-bond acceptors (Lipinski definition) is 5. The van der Waals surface area contributed by atoms with Crippen molar-refractivity contribution < 1.29 is 9.21 Å². The van der Waals surface area contributed by atoms with E-state index < -0.39 is 0 Å². The predicted molar refractivity (Wildman–Crippen MR) is 105 cm³/mol. The topological polar surface area (TPSA) is 62.5 Å². The lowest BCUT2D eigenvalue weighted by Gasteiger charge is -2.26. The van der Waals surface area contributed by atoms with Gasteiger partial charge in [-0.05, 0) is 43.5 Å². The van der Waals surface area contributed by atoms with Gasteiger partial charge >= 0.3 is 0 Å². The van der Waals surface area contributed by atoms with Crippen LogP contribution in [0.15, 0.2) is 28.7 Å². The molecule has 1 aliphatic carbocycles. The Kier molecular flexibility index (Phi) is 5.14. The van der Waals surface area contributed by atoms with Crippen LogP contribution in [0.25, 0.3) is 11.5 Å². The average Bonchev–Trinajstić information content (AvgIpc) is 3.38. The molecule has 1 aliphatic heterocycles. The van der Waals surface area contributed by atoms with E-state index in [0.29, 0.717) is 24.2 Å². The summed E-state index contributed by atoms with van der Waals surface area (Å²) in [5, 5.41) is 8.50. The Labute approximate surface area is 160 Å². The molecule has 1 atom stereocenters. The van der Waals surface area contributed by atoms with Crippen LogP contribution in [-0.2, 0) is 4.79 Å². The molecule has 0 spiro atoms. The number of rotatable bonds is 4. The van der Waals surface area contributed by atoms with Crippen molar-refractivity contribution in [3.63, 3.8) is 0 Å². The molecule has 1 amide bonds. The molecule has 1 aromatic carbocycles. The minimum absolute atomic E-state index is 0.153. The Morgan fingerprint density at radius 1 is 1.07 bits per heavy atom. The largest absolute Gasteiger partial charge is 0.420 e. The summed E-state index contributed by atoms with van der Waals surface area (Å²) in [5.74, 6) is 1.91. The molecule has 2 aromatic rings. The summed E-state index contributed by atoms with van der Waals surface area (Å²) in [6.45, 7) is 1.51. The zero-order chi connectivity index (χ0) is 18.8. The average molecular weight is 368 g/mol. The summed E-state index contributed by atoms with van der Waals surface area (Å²) >= 11 is 0. The number of likely N-dealkylation sites (tertiary alicyclic amines) is 1. The minimum Gasteiger partial charge on any atom is -0.420 e. The van der Waals surface area contributed by atoms with Gasteiger partial charge in [-0.2, -0.15) is 0 Å². The summed E-state index contributed by atoms with van der Waals surface area (Å²) in [6.07, 6.45) is 6.65. The van der Waals surface area contributed by atoms with Gasteiger partial charge in [0, 0.05) is 44.4 Å². The van der Waals surface area contributed by atoms with E-state index in [1.807, 2.05) is 43.3 Å². The van der Waals surface area contributed by atoms with Crippen molar-refractivity contribution in [1.29, 1.82) is 0 Å².